The Kier molecular flexibility index (Phi) is 4.72. The first-order valence-corrected chi connectivity index (χ1v) is 7.50. The Morgan fingerprint density at radius 2 is 2.14 bits per heavy atom. The molecule has 0 saturated carbocycles. The average Bonchev–Trinajstić information content (AvgIpc) is 2.96. The van der Waals surface area contributed by atoms with Gasteiger partial charge in [-0.2, -0.15) is 5.10 Å². The lowest BCUT2D eigenvalue weighted by Gasteiger charge is -2.25. The van der Waals surface area contributed by atoms with Gasteiger partial charge in [0.05, 0.1) is 25.4 Å². The SMILES string of the molecule is O=C(CN1CCOCC1)Nc1ccn(-c2cccc(Cl)c2)n1. The van der Waals surface area contributed by atoms with Crippen molar-refractivity contribution in [1.82, 2.24) is 14.7 Å². The number of benzene rings is 1. The summed E-state index contributed by atoms with van der Waals surface area (Å²) in [5.74, 6) is 0.455. The van der Waals surface area contributed by atoms with Gasteiger partial charge >= 0.3 is 0 Å². The number of hydrogen-bond acceptors (Lipinski definition) is 4. The molecule has 1 aliphatic heterocycles. The van der Waals surface area contributed by atoms with Crippen LogP contribution in [0.5, 0.6) is 0 Å². The number of halogens is 1. The van der Waals surface area contributed by atoms with E-state index in [4.69, 9.17) is 16.3 Å². The summed E-state index contributed by atoms with van der Waals surface area (Å²) in [6.07, 6.45) is 1.79. The third kappa shape index (κ3) is 3.85. The van der Waals surface area contributed by atoms with Crippen LogP contribution in [-0.4, -0.2) is 53.4 Å². The maximum atomic E-state index is 12.0. The molecule has 0 aliphatic carbocycles. The van der Waals surface area contributed by atoms with Crippen LogP contribution in [0.4, 0.5) is 5.82 Å². The van der Waals surface area contributed by atoms with Crippen LogP contribution in [0.1, 0.15) is 0 Å². The predicted octanol–water partition coefficient (Wildman–Crippen LogP) is 1.80. The molecule has 2 aromatic rings. The molecule has 1 aromatic carbocycles. The van der Waals surface area contributed by atoms with Crippen molar-refractivity contribution in [1.29, 1.82) is 0 Å². The first-order chi connectivity index (χ1) is 10.7. The Morgan fingerprint density at radius 1 is 1.32 bits per heavy atom. The summed E-state index contributed by atoms with van der Waals surface area (Å²) in [5, 5.41) is 7.79. The summed E-state index contributed by atoms with van der Waals surface area (Å²) in [7, 11) is 0. The fourth-order valence-electron chi connectivity index (χ4n) is 2.30. The fraction of sp³-hybridized carbons (Fsp3) is 0.333. The molecule has 0 unspecified atom stereocenters. The minimum Gasteiger partial charge on any atom is -0.379 e. The number of morpholine rings is 1. The van der Waals surface area contributed by atoms with Gasteiger partial charge in [-0.1, -0.05) is 17.7 Å². The van der Waals surface area contributed by atoms with Crippen LogP contribution in [0, 0.1) is 0 Å². The molecule has 0 radical (unpaired) electrons. The molecular weight excluding hydrogens is 304 g/mol. The molecule has 2 heterocycles. The summed E-state index contributed by atoms with van der Waals surface area (Å²) in [6.45, 7) is 3.27. The topological polar surface area (TPSA) is 59.4 Å². The Bertz CT molecular complexity index is 652. The minimum absolute atomic E-state index is 0.0711. The van der Waals surface area contributed by atoms with Crippen LogP contribution in [0.2, 0.25) is 5.02 Å². The van der Waals surface area contributed by atoms with E-state index in [0.717, 1.165) is 18.8 Å². The van der Waals surface area contributed by atoms with Crippen molar-refractivity contribution in [2.75, 3.05) is 38.2 Å². The second kappa shape index (κ2) is 6.91. The molecule has 1 aromatic heterocycles. The standard InChI is InChI=1S/C15H17ClN4O2/c16-12-2-1-3-13(10-12)20-5-4-14(18-20)17-15(21)11-19-6-8-22-9-7-19/h1-5,10H,6-9,11H2,(H,17,18,21). The third-order valence-corrected chi connectivity index (χ3v) is 3.64. The first-order valence-electron chi connectivity index (χ1n) is 7.12. The molecule has 3 rings (SSSR count). The van der Waals surface area contributed by atoms with Crippen molar-refractivity contribution < 1.29 is 9.53 Å². The molecule has 0 spiro atoms. The van der Waals surface area contributed by atoms with Gasteiger partial charge in [-0.3, -0.25) is 9.69 Å². The maximum Gasteiger partial charge on any atom is 0.239 e. The number of hydrogen-bond donors (Lipinski definition) is 1. The van der Waals surface area contributed by atoms with Gasteiger partial charge in [-0.05, 0) is 18.2 Å². The summed E-state index contributed by atoms with van der Waals surface area (Å²) in [5.41, 5.74) is 0.848. The zero-order chi connectivity index (χ0) is 15.4. The van der Waals surface area contributed by atoms with E-state index in [2.05, 4.69) is 15.3 Å². The average molecular weight is 321 g/mol. The largest absolute Gasteiger partial charge is 0.379 e. The minimum atomic E-state index is -0.0711. The van der Waals surface area contributed by atoms with Crippen LogP contribution in [-0.2, 0) is 9.53 Å². The van der Waals surface area contributed by atoms with Gasteiger partial charge in [-0.25, -0.2) is 4.68 Å². The highest BCUT2D eigenvalue weighted by molar-refractivity contribution is 6.30. The Balaban J connectivity index is 1.60. The van der Waals surface area contributed by atoms with Crippen molar-refractivity contribution in [2.24, 2.45) is 0 Å². The number of amides is 1. The summed E-state index contributed by atoms with van der Waals surface area (Å²) in [6, 6.07) is 9.14. The van der Waals surface area contributed by atoms with Gasteiger partial charge in [0.1, 0.15) is 0 Å². The van der Waals surface area contributed by atoms with Crippen molar-refractivity contribution in [3.8, 4) is 5.69 Å². The van der Waals surface area contributed by atoms with Gasteiger partial charge in [0.15, 0.2) is 5.82 Å². The monoisotopic (exact) mass is 320 g/mol. The second-order valence-corrected chi connectivity index (χ2v) is 5.50. The third-order valence-electron chi connectivity index (χ3n) is 3.40. The maximum absolute atomic E-state index is 12.0. The molecule has 0 atom stereocenters. The van der Waals surface area contributed by atoms with E-state index in [1.165, 1.54) is 0 Å². The lowest BCUT2D eigenvalue weighted by molar-refractivity contribution is -0.118. The van der Waals surface area contributed by atoms with Gasteiger partial charge in [0.25, 0.3) is 0 Å². The van der Waals surface area contributed by atoms with E-state index >= 15 is 0 Å². The van der Waals surface area contributed by atoms with Gasteiger partial charge in [-0.15, -0.1) is 0 Å². The van der Waals surface area contributed by atoms with Crippen molar-refractivity contribution >= 4 is 23.3 Å². The van der Waals surface area contributed by atoms with E-state index in [9.17, 15) is 4.79 Å². The molecule has 116 valence electrons. The number of ether oxygens (including phenoxy) is 1. The highest BCUT2D eigenvalue weighted by Gasteiger charge is 2.14. The highest BCUT2D eigenvalue weighted by atomic mass is 35.5. The lowest BCUT2D eigenvalue weighted by atomic mass is 10.3. The van der Waals surface area contributed by atoms with Crippen LogP contribution >= 0.6 is 11.6 Å². The van der Waals surface area contributed by atoms with Gasteiger partial charge in [0, 0.05) is 30.4 Å². The number of anilines is 1. The van der Waals surface area contributed by atoms with Crippen molar-refractivity contribution in [2.45, 2.75) is 0 Å². The normalized spacial score (nSPS) is 15.7. The highest BCUT2D eigenvalue weighted by Crippen LogP contribution is 2.15. The first kappa shape index (κ1) is 15.0. The number of carbonyl (C=O) groups excluding carboxylic acids is 1. The Hall–Kier alpha value is -1.89. The quantitative estimate of drug-likeness (QED) is 0.933. The van der Waals surface area contributed by atoms with Crippen molar-refractivity contribution in [3.05, 3.63) is 41.6 Å². The molecule has 6 nitrogen and oxygen atoms in total. The summed E-state index contributed by atoms with van der Waals surface area (Å²) in [4.78, 5) is 14.1. The van der Waals surface area contributed by atoms with Gasteiger partial charge in [0.2, 0.25) is 5.91 Å². The molecule has 1 fully saturated rings. The zero-order valence-corrected chi connectivity index (χ0v) is 12.8. The molecule has 1 amide bonds. The molecule has 0 bridgehead atoms. The fourth-order valence-corrected chi connectivity index (χ4v) is 2.48. The molecular formula is C15H17ClN4O2. The second-order valence-electron chi connectivity index (χ2n) is 5.06. The molecule has 1 N–H and O–H groups in total. The molecule has 7 heteroatoms. The van der Waals surface area contributed by atoms with Crippen LogP contribution in [0.3, 0.4) is 0 Å². The number of rotatable bonds is 4. The van der Waals surface area contributed by atoms with Crippen LogP contribution in [0.15, 0.2) is 36.5 Å². The van der Waals surface area contributed by atoms with E-state index in [1.807, 2.05) is 18.2 Å². The Morgan fingerprint density at radius 3 is 2.91 bits per heavy atom. The van der Waals surface area contributed by atoms with Crippen LogP contribution in [0.25, 0.3) is 5.69 Å². The summed E-state index contributed by atoms with van der Waals surface area (Å²) < 4.78 is 6.94. The molecule has 1 aliphatic rings. The van der Waals surface area contributed by atoms with Crippen LogP contribution < -0.4 is 5.32 Å². The smallest absolute Gasteiger partial charge is 0.239 e. The van der Waals surface area contributed by atoms with E-state index in [1.54, 1.807) is 23.0 Å². The number of carbonyl (C=O) groups is 1. The number of aromatic nitrogens is 2. The predicted molar refractivity (Wildman–Crippen MR) is 84.5 cm³/mol. The Labute approximate surface area is 133 Å². The number of nitrogens with zero attached hydrogens (tertiary/aromatic N) is 3. The van der Waals surface area contributed by atoms with Crippen molar-refractivity contribution in [3.63, 3.8) is 0 Å². The van der Waals surface area contributed by atoms with E-state index in [-0.39, 0.29) is 5.91 Å². The zero-order valence-electron chi connectivity index (χ0n) is 12.0. The summed E-state index contributed by atoms with van der Waals surface area (Å²) >= 11 is 5.97. The van der Waals surface area contributed by atoms with E-state index < -0.39 is 0 Å². The lowest BCUT2D eigenvalue weighted by Crippen LogP contribution is -2.41. The van der Waals surface area contributed by atoms with E-state index in [0.29, 0.717) is 30.6 Å². The molecule has 1 saturated heterocycles. The van der Waals surface area contributed by atoms with Gasteiger partial charge < -0.3 is 10.1 Å². The molecule has 22 heavy (non-hydrogen) atoms. The number of nitrogens with one attached hydrogen (secondary N) is 1.